The normalized spacial score (nSPS) is 9.94. The average molecular weight is 229 g/mol. The number of pyridine rings is 1. The summed E-state index contributed by atoms with van der Waals surface area (Å²) in [6, 6.07) is 8.51. The Morgan fingerprint density at radius 1 is 1.29 bits per heavy atom. The molecule has 0 bridgehead atoms. The molecule has 0 atom stereocenters. The second kappa shape index (κ2) is 4.65. The number of ether oxygens (including phenoxy) is 1. The van der Waals surface area contributed by atoms with Gasteiger partial charge in [-0.1, -0.05) is 18.2 Å². The number of phenolic OH excluding ortho intramolecular Hbond substituents is 1. The van der Waals surface area contributed by atoms with Crippen molar-refractivity contribution in [2.75, 3.05) is 7.11 Å². The van der Waals surface area contributed by atoms with Crippen LogP contribution >= 0.6 is 0 Å². The molecule has 2 rings (SSSR count). The van der Waals surface area contributed by atoms with Gasteiger partial charge in [0.05, 0.1) is 12.7 Å². The minimum atomic E-state index is -0.449. The number of carbonyl (C=O) groups excluding carboxylic acids is 1. The first-order chi connectivity index (χ1) is 8.22. The minimum absolute atomic E-state index is 0.149. The maximum atomic E-state index is 11.4. The van der Waals surface area contributed by atoms with Gasteiger partial charge in [0.15, 0.2) is 0 Å². The maximum absolute atomic E-state index is 11.4. The van der Waals surface area contributed by atoms with Crippen LogP contribution in [0.25, 0.3) is 11.1 Å². The van der Waals surface area contributed by atoms with E-state index in [9.17, 15) is 9.90 Å². The molecule has 0 saturated heterocycles. The van der Waals surface area contributed by atoms with Gasteiger partial charge in [0, 0.05) is 23.5 Å². The summed E-state index contributed by atoms with van der Waals surface area (Å²) in [4.78, 5) is 15.3. The molecule has 2 aromatic rings. The Bertz CT molecular complexity index is 552. The Kier molecular flexibility index (Phi) is 3.05. The van der Waals surface area contributed by atoms with Crippen molar-refractivity contribution in [1.82, 2.24) is 4.98 Å². The van der Waals surface area contributed by atoms with E-state index < -0.39 is 5.97 Å². The van der Waals surface area contributed by atoms with Gasteiger partial charge in [0.2, 0.25) is 0 Å². The molecule has 4 nitrogen and oxygen atoms in total. The van der Waals surface area contributed by atoms with Crippen LogP contribution in [0.3, 0.4) is 0 Å². The van der Waals surface area contributed by atoms with E-state index >= 15 is 0 Å². The molecule has 1 N–H and O–H groups in total. The molecule has 0 unspecified atom stereocenters. The van der Waals surface area contributed by atoms with Gasteiger partial charge in [-0.15, -0.1) is 0 Å². The Balaban J connectivity index is 2.47. The van der Waals surface area contributed by atoms with Crippen LogP contribution in [0.1, 0.15) is 10.4 Å². The third-order valence-corrected chi connectivity index (χ3v) is 2.37. The van der Waals surface area contributed by atoms with Crippen LogP contribution < -0.4 is 0 Å². The van der Waals surface area contributed by atoms with Gasteiger partial charge in [-0.3, -0.25) is 4.98 Å². The summed E-state index contributed by atoms with van der Waals surface area (Å²) in [7, 11) is 1.31. The molecule has 1 aromatic heterocycles. The predicted octanol–water partition coefficient (Wildman–Crippen LogP) is 2.24. The van der Waals surface area contributed by atoms with Gasteiger partial charge >= 0.3 is 5.97 Å². The van der Waals surface area contributed by atoms with Crippen molar-refractivity contribution in [1.29, 1.82) is 0 Å². The Morgan fingerprint density at radius 3 is 2.76 bits per heavy atom. The lowest BCUT2D eigenvalue weighted by molar-refractivity contribution is 0.0600. The number of aromatic hydroxyl groups is 1. The Morgan fingerprint density at radius 2 is 2.06 bits per heavy atom. The van der Waals surface area contributed by atoms with E-state index in [1.165, 1.54) is 13.3 Å². The smallest absolute Gasteiger partial charge is 0.339 e. The number of rotatable bonds is 2. The molecule has 1 aromatic carbocycles. The quantitative estimate of drug-likeness (QED) is 0.802. The number of para-hydroxylation sites is 1. The van der Waals surface area contributed by atoms with E-state index in [1.54, 1.807) is 36.5 Å². The van der Waals surface area contributed by atoms with Crippen molar-refractivity contribution in [2.45, 2.75) is 0 Å². The zero-order valence-corrected chi connectivity index (χ0v) is 9.25. The van der Waals surface area contributed by atoms with Gasteiger partial charge < -0.3 is 9.84 Å². The van der Waals surface area contributed by atoms with Crippen molar-refractivity contribution in [3.63, 3.8) is 0 Å². The van der Waals surface area contributed by atoms with Crippen LogP contribution in [-0.4, -0.2) is 23.2 Å². The molecule has 17 heavy (non-hydrogen) atoms. The zero-order valence-electron chi connectivity index (χ0n) is 9.25. The summed E-state index contributed by atoms with van der Waals surface area (Å²) in [5.41, 5.74) is 1.66. The molecule has 0 fully saturated rings. The van der Waals surface area contributed by atoms with Crippen molar-refractivity contribution in [3.05, 3.63) is 48.3 Å². The van der Waals surface area contributed by atoms with E-state index in [-0.39, 0.29) is 5.75 Å². The van der Waals surface area contributed by atoms with Crippen LogP contribution in [0.2, 0.25) is 0 Å². The van der Waals surface area contributed by atoms with E-state index in [1.807, 2.05) is 0 Å². The number of benzene rings is 1. The predicted molar refractivity (Wildman–Crippen MR) is 62.7 cm³/mol. The highest BCUT2D eigenvalue weighted by atomic mass is 16.5. The van der Waals surface area contributed by atoms with Gasteiger partial charge in [0.1, 0.15) is 5.75 Å². The first-order valence-electron chi connectivity index (χ1n) is 5.04. The summed E-state index contributed by atoms with van der Waals surface area (Å²) in [6.07, 6.45) is 3.01. The van der Waals surface area contributed by atoms with Crippen LogP contribution in [-0.2, 0) is 4.74 Å². The third kappa shape index (κ3) is 2.25. The highest BCUT2D eigenvalue weighted by molar-refractivity contribution is 5.90. The molecule has 4 heteroatoms. The SMILES string of the molecule is COC(=O)c1cncc(-c2ccccc2O)c1. The molecule has 0 aliphatic carbocycles. The molecular weight excluding hydrogens is 218 g/mol. The van der Waals surface area contributed by atoms with E-state index in [2.05, 4.69) is 9.72 Å². The lowest BCUT2D eigenvalue weighted by Crippen LogP contribution is -2.01. The van der Waals surface area contributed by atoms with Crippen molar-refractivity contribution in [3.8, 4) is 16.9 Å². The standard InChI is InChI=1S/C13H11NO3/c1-17-13(16)10-6-9(7-14-8-10)11-4-2-3-5-12(11)15/h2-8,15H,1H3. The molecule has 0 aliphatic rings. The number of esters is 1. The van der Waals surface area contributed by atoms with Crippen LogP contribution in [0.5, 0.6) is 5.75 Å². The molecule has 0 radical (unpaired) electrons. The Hall–Kier alpha value is -2.36. The van der Waals surface area contributed by atoms with E-state index in [4.69, 9.17) is 0 Å². The number of hydrogen-bond donors (Lipinski definition) is 1. The topological polar surface area (TPSA) is 59.4 Å². The van der Waals surface area contributed by atoms with Crippen LogP contribution in [0, 0.1) is 0 Å². The summed E-state index contributed by atoms with van der Waals surface area (Å²) in [5, 5.41) is 9.71. The first-order valence-corrected chi connectivity index (χ1v) is 5.04. The monoisotopic (exact) mass is 229 g/mol. The second-order valence-electron chi connectivity index (χ2n) is 3.47. The molecular formula is C13H11NO3. The highest BCUT2D eigenvalue weighted by Gasteiger charge is 2.09. The summed E-state index contributed by atoms with van der Waals surface area (Å²) in [5.74, 6) is -0.300. The van der Waals surface area contributed by atoms with Crippen molar-refractivity contribution >= 4 is 5.97 Å². The number of carbonyl (C=O) groups is 1. The molecule has 0 spiro atoms. The van der Waals surface area contributed by atoms with E-state index in [0.717, 1.165) is 0 Å². The number of nitrogens with zero attached hydrogens (tertiary/aromatic N) is 1. The molecule has 0 saturated carbocycles. The van der Waals surface area contributed by atoms with Gasteiger partial charge in [0.25, 0.3) is 0 Å². The van der Waals surface area contributed by atoms with Crippen molar-refractivity contribution in [2.24, 2.45) is 0 Å². The number of aromatic nitrogens is 1. The fraction of sp³-hybridized carbons (Fsp3) is 0.0769. The number of methoxy groups -OCH3 is 1. The van der Waals surface area contributed by atoms with Crippen molar-refractivity contribution < 1.29 is 14.6 Å². The average Bonchev–Trinajstić information content (AvgIpc) is 2.38. The highest BCUT2D eigenvalue weighted by Crippen LogP contribution is 2.28. The molecule has 1 heterocycles. The Labute approximate surface area is 98.5 Å². The fourth-order valence-electron chi connectivity index (χ4n) is 1.53. The fourth-order valence-corrected chi connectivity index (χ4v) is 1.53. The summed E-state index contributed by atoms with van der Waals surface area (Å²) >= 11 is 0. The largest absolute Gasteiger partial charge is 0.507 e. The van der Waals surface area contributed by atoms with Crippen LogP contribution in [0.4, 0.5) is 0 Å². The summed E-state index contributed by atoms with van der Waals surface area (Å²) in [6.45, 7) is 0. The molecule has 0 aliphatic heterocycles. The second-order valence-corrected chi connectivity index (χ2v) is 3.47. The lowest BCUT2D eigenvalue weighted by atomic mass is 10.1. The maximum Gasteiger partial charge on any atom is 0.339 e. The van der Waals surface area contributed by atoms with Gasteiger partial charge in [-0.2, -0.15) is 0 Å². The van der Waals surface area contributed by atoms with Gasteiger partial charge in [-0.25, -0.2) is 4.79 Å². The third-order valence-electron chi connectivity index (χ3n) is 2.37. The summed E-state index contributed by atoms with van der Waals surface area (Å²) < 4.78 is 4.62. The number of hydrogen-bond acceptors (Lipinski definition) is 4. The van der Waals surface area contributed by atoms with Crippen LogP contribution in [0.15, 0.2) is 42.7 Å². The number of phenols is 1. The van der Waals surface area contributed by atoms with Gasteiger partial charge in [-0.05, 0) is 12.1 Å². The lowest BCUT2D eigenvalue weighted by Gasteiger charge is -2.05. The molecule has 86 valence electrons. The zero-order chi connectivity index (χ0) is 12.3. The molecule has 0 amide bonds. The first kappa shape index (κ1) is 11.1. The minimum Gasteiger partial charge on any atom is -0.507 e. The van der Waals surface area contributed by atoms with E-state index in [0.29, 0.717) is 16.7 Å².